The highest BCUT2D eigenvalue weighted by molar-refractivity contribution is 5.67. The molecule has 2 N–H and O–H groups in total. The maximum atomic E-state index is 12.0. The number of carbonyl (C=O) groups excluding carboxylic acids is 1. The maximum absolute atomic E-state index is 12.0. The van der Waals surface area contributed by atoms with E-state index in [1.165, 1.54) is 5.57 Å². The zero-order chi connectivity index (χ0) is 14.3. The van der Waals surface area contributed by atoms with Gasteiger partial charge in [-0.25, -0.2) is 0 Å². The number of aliphatic hydroxyl groups is 2. The number of ether oxygens (including phenoxy) is 2. The summed E-state index contributed by atoms with van der Waals surface area (Å²) in [4.78, 5) is 12.0. The quantitative estimate of drug-likeness (QED) is 0.407. The van der Waals surface area contributed by atoms with Crippen molar-refractivity contribution in [1.82, 2.24) is 0 Å². The Kier molecular flexibility index (Phi) is 2.28. The molecule has 0 aromatic rings. The van der Waals surface area contributed by atoms with Crippen LogP contribution in [0, 0.1) is 10.8 Å². The fraction of sp³-hybridized carbons (Fsp3) is 0.800. The number of allylic oxidation sites excluding steroid dienone is 1. The largest absolute Gasteiger partial charge is 0.390 e. The molecule has 5 heteroatoms. The molecule has 2 bridgehead atoms. The van der Waals surface area contributed by atoms with E-state index in [1.54, 1.807) is 0 Å². The van der Waals surface area contributed by atoms with Gasteiger partial charge in [0.2, 0.25) is 0 Å². The lowest BCUT2D eigenvalue weighted by molar-refractivity contribution is -0.205. The molecule has 7 atom stereocenters. The van der Waals surface area contributed by atoms with Crippen LogP contribution in [0.4, 0.5) is 0 Å². The second-order valence-corrected chi connectivity index (χ2v) is 6.96. The predicted octanol–water partition coefficient (Wildman–Crippen LogP) is 0.190. The van der Waals surface area contributed by atoms with Crippen molar-refractivity contribution in [2.24, 2.45) is 10.8 Å². The summed E-state index contributed by atoms with van der Waals surface area (Å²) >= 11 is 0. The number of aldehydes is 1. The van der Waals surface area contributed by atoms with Crippen molar-refractivity contribution in [2.75, 3.05) is 6.61 Å². The van der Waals surface area contributed by atoms with Gasteiger partial charge in [0.05, 0.1) is 24.2 Å². The van der Waals surface area contributed by atoms with Crippen LogP contribution in [-0.2, 0) is 14.3 Å². The predicted molar refractivity (Wildman–Crippen MR) is 69.0 cm³/mol. The molecule has 4 rings (SSSR count). The van der Waals surface area contributed by atoms with E-state index in [4.69, 9.17) is 9.47 Å². The standard InChI is InChI=1S/C15H20O5/c1-8-3-4-14(6-16)9(5-8)20-12-10(17)11(18)13(14,2)15(12)7-19-15/h5-6,9-12,17-18H,3-4,7H2,1-2H3/t9?,10-,11-,12?,13-,14-,15?/m1/s1. The first-order chi connectivity index (χ1) is 9.43. The second-order valence-electron chi connectivity index (χ2n) is 6.96. The molecule has 3 fully saturated rings. The highest BCUT2D eigenvalue weighted by atomic mass is 16.6. The number of hydrogen-bond donors (Lipinski definition) is 2. The molecule has 2 aliphatic carbocycles. The van der Waals surface area contributed by atoms with Crippen LogP contribution in [0.3, 0.4) is 0 Å². The van der Waals surface area contributed by atoms with Gasteiger partial charge in [-0.3, -0.25) is 0 Å². The van der Waals surface area contributed by atoms with E-state index < -0.39 is 34.7 Å². The van der Waals surface area contributed by atoms with E-state index in [2.05, 4.69) is 0 Å². The summed E-state index contributed by atoms with van der Waals surface area (Å²) in [6.45, 7) is 4.34. The Labute approximate surface area is 117 Å². The molecule has 1 spiro atoms. The van der Waals surface area contributed by atoms with Crippen LogP contribution in [0.5, 0.6) is 0 Å². The van der Waals surface area contributed by atoms with Crippen molar-refractivity contribution in [1.29, 1.82) is 0 Å². The highest BCUT2D eigenvalue weighted by Crippen LogP contribution is 2.70. The summed E-state index contributed by atoms with van der Waals surface area (Å²) < 4.78 is 11.7. The molecule has 20 heavy (non-hydrogen) atoms. The average molecular weight is 280 g/mol. The van der Waals surface area contributed by atoms with Crippen molar-refractivity contribution in [3.8, 4) is 0 Å². The van der Waals surface area contributed by atoms with Crippen molar-refractivity contribution in [2.45, 2.75) is 56.7 Å². The van der Waals surface area contributed by atoms with E-state index in [0.29, 0.717) is 13.0 Å². The average Bonchev–Trinajstić information content (AvgIpc) is 3.21. The summed E-state index contributed by atoms with van der Waals surface area (Å²) in [5.41, 5.74) is -1.14. The zero-order valence-electron chi connectivity index (χ0n) is 11.7. The first kappa shape index (κ1) is 13.0. The molecule has 5 nitrogen and oxygen atoms in total. The van der Waals surface area contributed by atoms with Gasteiger partial charge in [0.1, 0.15) is 24.1 Å². The lowest BCUT2D eigenvalue weighted by Gasteiger charge is -2.55. The van der Waals surface area contributed by atoms with Gasteiger partial charge < -0.3 is 24.5 Å². The zero-order valence-corrected chi connectivity index (χ0v) is 11.7. The van der Waals surface area contributed by atoms with Crippen LogP contribution in [0.25, 0.3) is 0 Å². The van der Waals surface area contributed by atoms with Crippen molar-refractivity contribution in [3.63, 3.8) is 0 Å². The summed E-state index contributed by atoms with van der Waals surface area (Å²) in [6.07, 6.45) is 1.40. The number of epoxide rings is 1. The molecular weight excluding hydrogens is 260 g/mol. The fourth-order valence-corrected chi connectivity index (χ4v) is 4.89. The van der Waals surface area contributed by atoms with E-state index in [0.717, 1.165) is 12.7 Å². The molecule has 0 aromatic carbocycles. The topological polar surface area (TPSA) is 79.3 Å². The van der Waals surface area contributed by atoms with Gasteiger partial charge in [-0.15, -0.1) is 0 Å². The van der Waals surface area contributed by atoms with Crippen LogP contribution < -0.4 is 0 Å². The van der Waals surface area contributed by atoms with Crippen molar-refractivity contribution >= 4 is 6.29 Å². The number of rotatable bonds is 1. The smallest absolute Gasteiger partial charge is 0.129 e. The van der Waals surface area contributed by atoms with E-state index >= 15 is 0 Å². The Hall–Kier alpha value is -0.750. The summed E-state index contributed by atoms with van der Waals surface area (Å²) in [7, 11) is 0. The normalized spacial score (nSPS) is 60.1. The first-order valence-electron chi connectivity index (χ1n) is 7.22. The Bertz CT molecular complexity index is 510. The second kappa shape index (κ2) is 3.53. The van der Waals surface area contributed by atoms with Crippen LogP contribution in [0.1, 0.15) is 26.7 Å². The lowest BCUT2D eigenvalue weighted by Crippen LogP contribution is -2.65. The van der Waals surface area contributed by atoms with Gasteiger partial charge in [-0.05, 0) is 19.8 Å². The van der Waals surface area contributed by atoms with E-state index in [-0.39, 0.29) is 6.10 Å². The Balaban J connectivity index is 1.94. The third-order valence-corrected chi connectivity index (χ3v) is 6.37. The molecule has 0 amide bonds. The van der Waals surface area contributed by atoms with Gasteiger partial charge in [0, 0.05) is 5.41 Å². The molecular formula is C15H20O5. The molecule has 110 valence electrons. The molecule has 2 saturated heterocycles. The minimum absolute atomic E-state index is 0.384. The third kappa shape index (κ3) is 1.07. The van der Waals surface area contributed by atoms with Crippen LogP contribution in [0.15, 0.2) is 11.6 Å². The number of fused-ring (bicyclic) bond motifs is 2. The third-order valence-electron chi connectivity index (χ3n) is 6.37. The van der Waals surface area contributed by atoms with Gasteiger partial charge in [0.15, 0.2) is 0 Å². The molecule has 3 unspecified atom stereocenters. The monoisotopic (exact) mass is 280 g/mol. The Morgan fingerprint density at radius 3 is 2.75 bits per heavy atom. The summed E-state index contributed by atoms with van der Waals surface area (Å²) in [5, 5.41) is 21.0. The van der Waals surface area contributed by atoms with Crippen LogP contribution >= 0.6 is 0 Å². The van der Waals surface area contributed by atoms with E-state index in [1.807, 2.05) is 19.9 Å². The Morgan fingerprint density at radius 2 is 2.15 bits per heavy atom. The minimum atomic E-state index is -1.00. The molecule has 2 aliphatic heterocycles. The summed E-state index contributed by atoms with van der Waals surface area (Å²) in [6, 6.07) is 0. The number of hydrogen-bond acceptors (Lipinski definition) is 5. The fourth-order valence-electron chi connectivity index (χ4n) is 4.89. The van der Waals surface area contributed by atoms with Crippen LogP contribution in [0.2, 0.25) is 0 Å². The van der Waals surface area contributed by atoms with Gasteiger partial charge in [-0.2, -0.15) is 0 Å². The molecule has 0 aromatic heterocycles. The number of carbonyl (C=O) groups is 1. The van der Waals surface area contributed by atoms with Gasteiger partial charge >= 0.3 is 0 Å². The van der Waals surface area contributed by atoms with Crippen LogP contribution in [-0.4, -0.2) is 53.1 Å². The van der Waals surface area contributed by atoms with Gasteiger partial charge in [0.25, 0.3) is 0 Å². The molecule has 4 aliphatic rings. The van der Waals surface area contributed by atoms with Crippen molar-refractivity contribution < 1.29 is 24.5 Å². The molecule has 2 heterocycles. The van der Waals surface area contributed by atoms with Crippen molar-refractivity contribution in [3.05, 3.63) is 11.6 Å². The molecule has 1 saturated carbocycles. The van der Waals surface area contributed by atoms with E-state index in [9.17, 15) is 15.0 Å². The number of aliphatic hydroxyl groups excluding tert-OH is 2. The Morgan fingerprint density at radius 1 is 1.45 bits per heavy atom. The molecule has 0 radical (unpaired) electrons. The summed E-state index contributed by atoms with van der Waals surface area (Å²) in [5.74, 6) is 0. The highest BCUT2D eigenvalue weighted by Gasteiger charge is 2.84. The maximum Gasteiger partial charge on any atom is 0.129 e. The van der Waals surface area contributed by atoms with Gasteiger partial charge in [-0.1, -0.05) is 18.6 Å². The minimum Gasteiger partial charge on any atom is -0.390 e. The SMILES string of the molecule is CC1=CC2OC3[C@H](O)[C@@H](O)[C@@](C)(C34CO4)[C@@]2(C=O)CC1. The lowest BCUT2D eigenvalue weighted by atomic mass is 9.52. The first-order valence-corrected chi connectivity index (χ1v) is 7.22.